The molecular weight excluding hydrogens is 671 g/mol. The van der Waals surface area contributed by atoms with Crippen LogP contribution in [0.3, 0.4) is 0 Å². The van der Waals surface area contributed by atoms with Crippen LogP contribution in [0, 0.1) is 18.8 Å². The number of hydrogen-bond donors (Lipinski definition) is 2. The summed E-state index contributed by atoms with van der Waals surface area (Å²) in [6.45, 7) is 2.34. The zero-order chi connectivity index (χ0) is 35.0. The van der Waals surface area contributed by atoms with Crippen molar-refractivity contribution in [2.45, 2.75) is 101 Å². The number of fused-ring (bicyclic) bond motifs is 1. The number of aliphatic hydroxyl groups excluding tert-OH is 1. The van der Waals surface area contributed by atoms with Crippen molar-refractivity contribution in [1.82, 2.24) is 0 Å². The van der Waals surface area contributed by atoms with Crippen LogP contribution in [0.15, 0.2) is 63.7 Å². The Bertz CT molecular complexity index is 1780. The number of Topliss-reactive ketones (excluding diaryl/α,β-unsaturated/α-hetero) is 1. The number of rotatable bonds is 14. The molecule has 0 amide bonds. The number of benzene rings is 3. The van der Waals surface area contributed by atoms with Crippen molar-refractivity contribution in [2.75, 3.05) is 13.2 Å². The van der Waals surface area contributed by atoms with Gasteiger partial charge in [0.05, 0.1) is 23.7 Å². The molecule has 2 fully saturated rings. The first kappa shape index (κ1) is 40.1. The molecule has 11 nitrogen and oxygen atoms in total. The predicted octanol–water partition coefficient (Wildman–Crippen LogP) is 4.59. The van der Waals surface area contributed by atoms with Gasteiger partial charge in [-0.15, -0.1) is 10.2 Å². The van der Waals surface area contributed by atoms with Gasteiger partial charge in [-0.25, -0.2) is 13.2 Å². The standard InChI is InChI=1S/C37H46N2O9S.Na/c1-24-15-18-31(33(21-24)49(44,45)46)38-39-34-28-14-8-7-13-26(28)22-30(36(34)42)37(43)48-20-10-3-2-9-19-47-27-16-17-29(32(40)23-27)35(41)25-11-5-4-6-12-25;/h7-8,13-15,18,21-22,25,27,29,32,40,42H,2-6,9-12,16-17,19-20,23H2,1H3,(H,44,45,46);/q;+1/p-1. The topological polar surface area (TPSA) is 175 Å². The van der Waals surface area contributed by atoms with Crippen molar-refractivity contribution in [2.24, 2.45) is 22.1 Å². The summed E-state index contributed by atoms with van der Waals surface area (Å²) in [5, 5.41) is 30.8. The monoisotopic (exact) mass is 716 g/mol. The van der Waals surface area contributed by atoms with Crippen LogP contribution in [0.4, 0.5) is 11.4 Å². The molecule has 2 aliphatic rings. The van der Waals surface area contributed by atoms with Crippen molar-refractivity contribution in [3.05, 3.63) is 59.7 Å². The summed E-state index contributed by atoms with van der Waals surface area (Å²) in [5.74, 6) is -1.10. The van der Waals surface area contributed by atoms with Crippen LogP contribution in [0.2, 0.25) is 0 Å². The van der Waals surface area contributed by atoms with Crippen molar-refractivity contribution in [3.63, 3.8) is 0 Å². The van der Waals surface area contributed by atoms with Crippen LogP contribution in [0.25, 0.3) is 10.8 Å². The quantitative estimate of drug-likeness (QED) is 0.0795. The first-order chi connectivity index (χ1) is 23.5. The molecule has 2 N–H and O–H groups in total. The van der Waals surface area contributed by atoms with Gasteiger partial charge in [-0.05, 0) is 81.0 Å². The molecule has 0 bridgehead atoms. The maximum atomic E-state index is 13.0. The third kappa shape index (κ3) is 10.4. The third-order valence-corrected chi connectivity index (χ3v) is 10.5. The fraction of sp³-hybridized carbons (Fsp3) is 0.514. The number of aryl methyl sites for hydroxylation is 1. The Balaban J connectivity index is 0.00000562. The molecule has 264 valence electrons. The molecule has 5 rings (SSSR count). The first-order valence-corrected chi connectivity index (χ1v) is 18.7. The Morgan fingerprint density at radius 2 is 1.64 bits per heavy atom. The summed E-state index contributed by atoms with van der Waals surface area (Å²) in [7, 11) is -4.84. The number of aromatic hydroxyl groups is 1. The van der Waals surface area contributed by atoms with Crippen LogP contribution in [0.1, 0.15) is 93.0 Å². The van der Waals surface area contributed by atoms with E-state index in [2.05, 4.69) is 10.2 Å². The molecule has 0 aliphatic heterocycles. The summed E-state index contributed by atoms with van der Waals surface area (Å²) in [5.41, 5.74) is 0.196. The Hall–Kier alpha value is -2.71. The van der Waals surface area contributed by atoms with Crippen LogP contribution >= 0.6 is 0 Å². The van der Waals surface area contributed by atoms with Crippen molar-refractivity contribution in [1.29, 1.82) is 0 Å². The van der Waals surface area contributed by atoms with E-state index in [1.54, 1.807) is 37.3 Å². The molecule has 3 aromatic carbocycles. The maximum Gasteiger partial charge on any atom is 1.00 e. The van der Waals surface area contributed by atoms with Gasteiger partial charge >= 0.3 is 35.5 Å². The fourth-order valence-corrected chi connectivity index (χ4v) is 7.61. The minimum absolute atomic E-state index is 0. The van der Waals surface area contributed by atoms with Crippen LogP contribution < -0.4 is 29.6 Å². The number of esters is 1. The van der Waals surface area contributed by atoms with E-state index in [0.29, 0.717) is 42.2 Å². The smallest absolute Gasteiger partial charge is 0.744 e. The van der Waals surface area contributed by atoms with Crippen LogP contribution in [-0.4, -0.2) is 60.4 Å². The zero-order valence-electron chi connectivity index (χ0n) is 28.9. The molecule has 0 spiro atoms. The number of carbonyl (C=O) groups excluding carboxylic acids is 2. The number of hydrogen-bond acceptors (Lipinski definition) is 11. The number of carbonyl (C=O) groups is 2. The Morgan fingerprint density at radius 1 is 0.920 bits per heavy atom. The second-order valence-electron chi connectivity index (χ2n) is 13.2. The molecule has 0 radical (unpaired) electrons. The minimum Gasteiger partial charge on any atom is -0.744 e. The molecule has 0 heterocycles. The van der Waals surface area contributed by atoms with Crippen molar-refractivity contribution in [3.8, 4) is 5.75 Å². The second kappa shape index (κ2) is 18.7. The van der Waals surface area contributed by atoms with E-state index < -0.39 is 32.8 Å². The largest absolute Gasteiger partial charge is 1.00 e. The molecule has 0 saturated heterocycles. The molecule has 2 aliphatic carbocycles. The number of ketones is 1. The van der Waals surface area contributed by atoms with Gasteiger partial charge in [-0.2, -0.15) is 0 Å². The molecule has 0 aromatic heterocycles. The van der Waals surface area contributed by atoms with Gasteiger partial charge in [0.15, 0.2) is 5.75 Å². The number of azo groups is 1. The number of aliphatic hydroxyl groups is 1. The molecule has 3 atom stereocenters. The van der Waals surface area contributed by atoms with Gasteiger partial charge in [0.25, 0.3) is 0 Å². The first-order valence-electron chi connectivity index (χ1n) is 17.3. The normalized spacial score (nSPS) is 20.1. The van der Waals surface area contributed by atoms with E-state index in [1.807, 2.05) is 0 Å². The van der Waals surface area contributed by atoms with Gasteiger partial charge < -0.3 is 24.2 Å². The molecule has 2 saturated carbocycles. The molecule has 3 unspecified atom stereocenters. The van der Waals surface area contributed by atoms with Crippen molar-refractivity contribution < 1.29 is 71.8 Å². The Kier molecular flexibility index (Phi) is 15.0. The molecule has 3 aromatic rings. The van der Waals surface area contributed by atoms with Crippen LogP contribution in [0.5, 0.6) is 5.75 Å². The van der Waals surface area contributed by atoms with Gasteiger partial charge in [0.2, 0.25) is 0 Å². The summed E-state index contributed by atoms with van der Waals surface area (Å²) in [6.07, 6.45) is 9.72. The zero-order valence-corrected chi connectivity index (χ0v) is 31.7. The summed E-state index contributed by atoms with van der Waals surface area (Å²) in [6, 6.07) is 12.5. The van der Waals surface area contributed by atoms with Gasteiger partial charge in [-0.3, -0.25) is 4.79 Å². The fourth-order valence-electron chi connectivity index (χ4n) is 6.92. The number of phenols is 1. The summed E-state index contributed by atoms with van der Waals surface area (Å²) in [4.78, 5) is 25.4. The number of unbranched alkanes of at least 4 members (excludes halogenated alkanes) is 3. The van der Waals surface area contributed by atoms with E-state index in [1.165, 1.54) is 24.6 Å². The average Bonchev–Trinajstić information content (AvgIpc) is 3.09. The van der Waals surface area contributed by atoms with Gasteiger partial charge in [0, 0.05) is 30.2 Å². The Morgan fingerprint density at radius 3 is 2.36 bits per heavy atom. The van der Waals surface area contributed by atoms with E-state index in [4.69, 9.17) is 9.47 Å². The number of ether oxygens (including phenoxy) is 2. The Labute approximate surface area is 315 Å². The minimum atomic E-state index is -4.84. The average molecular weight is 717 g/mol. The summed E-state index contributed by atoms with van der Waals surface area (Å²) >= 11 is 0. The van der Waals surface area contributed by atoms with Crippen LogP contribution in [-0.2, 0) is 24.4 Å². The molecular formula is C37H45N2NaO9S. The number of phenolic OH excluding ortho intramolecular Hbond substituents is 1. The van der Waals surface area contributed by atoms with Gasteiger partial charge in [0.1, 0.15) is 32.8 Å². The molecule has 50 heavy (non-hydrogen) atoms. The predicted molar refractivity (Wildman–Crippen MR) is 182 cm³/mol. The third-order valence-electron chi connectivity index (χ3n) is 9.62. The molecule has 13 heteroatoms. The summed E-state index contributed by atoms with van der Waals surface area (Å²) < 4.78 is 46.9. The van der Waals surface area contributed by atoms with Crippen molar-refractivity contribution >= 4 is 44.0 Å². The maximum absolute atomic E-state index is 13.0. The second-order valence-corrected chi connectivity index (χ2v) is 14.6. The van der Waals surface area contributed by atoms with E-state index in [0.717, 1.165) is 51.4 Å². The van der Waals surface area contributed by atoms with E-state index in [-0.39, 0.29) is 76.8 Å². The van der Waals surface area contributed by atoms with Gasteiger partial charge in [-0.1, -0.05) is 56.0 Å². The SMILES string of the molecule is Cc1ccc(N=Nc2c(O)c(C(=O)OCCCCCCOC3CCC(C(=O)C4CCCCC4)C(O)C3)cc3ccccc23)c(S(=O)(=O)[O-])c1.[Na+]. The van der Waals surface area contributed by atoms with E-state index >= 15 is 0 Å². The van der Waals surface area contributed by atoms with E-state index in [9.17, 15) is 32.8 Å². The number of nitrogens with zero attached hydrogens (tertiary/aromatic N) is 2.